The van der Waals surface area contributed by atoms with Crippen LogP contribution in [0.5, 0.6) is 0 Å². The number of nitrogen functional groups attached to an aromatic ring is 1. The lowest BCUT2D eigenvalue weighted by Crippen LogP contribution is -2.01. The molecule has 0 radical (unpaired) electrons. The summed E-state index contributed by atoms with van der Waals surface area (Å²) < 4.78 is 1.59. The molecule has 1 heterocycles. The molecule has 5 heteroatoms. The van der Waals surface area contributed by atoms with Crippen molar-refractivity contribution in [2.75, 3.05) is 5.73 Å². The average molecular weight is 190 g/mol. The SMILES string of the molecule is Nc1ccc(-n2cncn2)c(CO)c1. The molecule has 0 saturated heterocycles. The molecule has 2 rings (SSSR count). The second-order valence-electron chi connectivity index (χ2n) is 2.89. The normalized spacial score (nSPS) is 10.4. The quantitative estimate of drug-likeness (QED) is 0.669. The van der Waals surface area contributed by atoms with Crippen LogP contribution < -0.4 is 5.73 Å². The van der Waals surface area contributed by atoms with E-state index in [1.807, 2.05) is 0 Å². The van der Waals surface area contributed by atoms with Crippen LogP contribution in [0.3, 0.4) is 0 Å². The van der Waals surface area contributed by atoms with E-state index in [0.717, 1.165) is 11.3 Å². The number of nitrogens with zero attached hydrogens (tertiary/aromatic N) is 3. The molecular weight excluding hydrogens is 180 g/mol. The molecule has 5 nitrogen and oxygen atoms in total. The number of aliphatic hydroxyl groups is 1. The summed E-state index contributed by atoms with van der Waals surface area (Å²) in [6.45, 7) is -0.0692. The number of anilines is 1. The van der Waals surface area contributed by atoms with Crippen molar-refractivity contribution in [1.29, 1.82) is 0 Å². The van der Waals surface area contributed by atoms with Gasteiger partial charge < -0.3 is 10.8 Å². The number of hydrogen-bond donors (Lipinski definition) is 2. The van der Waals surface area contributed by atoms with Gasteiger partial charge in [0.25, 0.3) is 0 Å². The van der Waals surface area contributed by atoms with E-state index in [-0.39, 0.29) is 6.61 Å². The summed E-state index contributed by atoms with van der Waals surface area (Å²) in [4.78, 5) is 3.84. The van der Waals surface area contributed by atoms with Crippen molar-refractivity contribution < 1.29 is 5.11 Å². The molecule has 3 N–H and O–H groups in total. The van der Waals surface area contributed by atoms with Crippen molar-refractivity contribution >= 4 is 5.69 Å². The van der Waals surface area contributed by atoms with Gasteiger partial charge in [-0.25, -0.2) is 9.67 Å². The highest BCUT2D eigenvalue weighted by molar-refractivity contribution is 5.50. The van der Waals surface area contributed by atoms with E-state index in [9.17, 15) is 0 Å². The van der Waals surface area contributed by atoms with Gasteiger partial charge in [0.15, 0.2) is 0 Å². The molecule has 0 atom stereocenters. The van der Waals surface area contributed by atoms with Crippen molar-refractivity contribution in [3.8, 4) is 5.69 Å². The molecule has 2 aromatic rings. The van der Waals surface area contributed by atoms with Crippen LogP contribution in [0.15, 0.2) is 30.9 Å². The third-order valence-electron chi connectivity index (χ3n) is 1.94. The lowest BCUT2D eigenvalue weighted by molar-refractivity contribution is 0.281. The molecule has 0 aliphatic carbocycles. The Morgan fingerprint density at radius 2 is 2.29 bits per heavy atom. The van der Waals surface area contributed by atoms with E-state index in [0.29, 0.717) is 5.69 Å². The molecule has 1 aromatic carbocycles. The first-order valence-corrected chi connectivity index (χ1v) is 4.15. The maximum Gasteiger partial charge on any atom is 0.138 e. The molecule has 0 bridgehead atoms. The van der Waals surface area contributed by atoms with Crippen molar-refractivity contribution in [2.45, 2.75) is 6.61 Å². The summed E-state index contributed by atoms with van der Waals surface area (Å²) in [6, 6.07) is 5.28. The Labute approximate surface area is 80.8 Å². The molecule has 72 valence electrons. The summed E-state index contributed by atoms with van der Waals surface area (Å²) in [6.07, 6.45) is 3.02. The Morgan fingerprint density at radius 3 is 2.93 bits per heavy atom. The summed E-state index contributed by atoms with van der Waals surface area (Å²) in [5.74, 6) is 0. The Hall–Kier alpha value is -1.88. The molecule has 0 amide bonds. The van der Waals surface area contributed by atoms with Gasteiger partial charge in [0.2, 0.25) is 0 Å². The number of hydrogen-bond acceptors (Lipinski definition) is 4. The van der Waals surface area contributed by atoms with Crippen LogP contribution >= 0.6 is 0 Å². The second-order valence-corrected chi connectivity index (χ2v) is 2.89. The minimum atomic E-state index is -0.0692. The molecule has 0 spiro atoms. The van der Waals surface area contributed by atoms with Crippen molar-refractivity contribution in [3.05, 3.63) is 36.4 Å². The first-order chi connectivity index (χ1) is 6.81. The van der Waals surface area contributed by atoms with Crippen LogP contribution in [0, 0.1) is 0 Å². The van der Waals surface area contributed by atoms with Gasteiger partial charge in [-0.2, -0.15) is 5.10 Å². The first-order valence-electron chi connectivity index (χ1n) is 4.15. The third-order valence-corrected chi connectivity index (χ3v) is 1.94. The molecule has 0 aliphatic heterocycles. The van der Waals surface area contributed by atoms with E-state index >= 15 is 0 Å². The zero-order valence-electron chi connectivity index (χ0n) is 7.46. The van der Waals surface area contributed by atoms with E-state index in [4.69, 9.17) is 10.8 Å². The zero-order chi connectivity index (χ0) is 9.97. The maximum atomic E-state index is 9.12. The van der Waals surface area contributed by atoms with Gasteiger partial charge in [0, 0.05) is 11.3 Å². The van der Waals surface area contributed by atoms with Crippen molar-refractivity contribution in [3.63, 3.8) is 0 Å². The van der Waals surface area contributed by atoms with Gasteiger partial charge in [0.05, 0.1) is 12.3 Å². The van der Waals surface area contributed by atoms with Crippen molar-refractivity contribution in [1.82, 2.24) is 14.8 Å². The monoisotopic (exact) mass is 190 g/mol. The molecule has 0 saturated carbocycles. The average Bonchev–Trinajstić information content (AvgIpc) is 2.70. The fourth-order valence-electron chi connectivity index (χ4n) is 1.29. The van der Waals surface area contributed by atoms with Crippen LogP contribution in [-0.2, 0) is 6.61 Å². The summed E-state index contributed by atoms with van der Waals surface area (Å²) >= 11 is 0. The third kappa shape index (κ3) is 1.45. The number of benzene rings is 1. The molecule has 0 aliphatic rings. The van der Waals surface area contributed by atoms with E-state index in [2.05, 4.69) is 10.1 Å². The Morgan fingerprint density at radius 1 is 1.43 bits per heavy atom. The van der Waals surface area contributed by atoms with Gasteiger partial charge >= 0.3 is 0 Å². The van der Waals surface area contributed by atoms with Gasteiger partial charge in [-0.05, 0) is 18.2 Å². The van der Waals surface area contributed by atoms with Crippen LogP contribution in [0.1, 0.15) is 5.56 Å². The fraction of sp³-hybridized carbons (Fsp3) is 0.111. The maximum absolute atomic E-state index is 9.12. The summed E-state index contributed by atoms with van der Waals surface area (Å²) in [7, 11) is 0. The van der Waals surface area contributed by atoms with Gasteiger partial charge in [-0.1, -0.05) is 0 Å². The van der Waals surface area contributed by atoms with E-state index < -0.39 is 0 Å². The highest BCUT2D eigenvalue weighted by Crippen LogP contribution is 2.16. The molecule has 1 aromatic heterocycles. The molecule has 14 heavy (non-hydrogen) atoms. The minimum absolute atomic E-state index is 0.0692. The lowest BCUT2D eigenvalue weighted by atomic mass is 10.1. The number of aromatic nitrogens is 3. The number of rotatable bonds is 2. The predicted octanol–water partition coefficient (Wildman–Crippen LogP) is 0.342. The molecule has 0 fully saturated rings. The predicted molar refractivity (Wildman–Crippen MR) is 51.7 cm³/mol. The van der Waals surface area contributed by atoms with Crippen LogP contribution in [0.2, 0.25) is 0 Å². The molecular formula is C9H10N4O. The van der Waals surface area contributed by atoms with Crippen LogP contribution in [0.4, 0.5) is 5.69 Å². The zero-order valence-corrected chi connectivity index (χ0v) is 7.46. The fourth-order valence-corrected chi connectivity index (χ4v) is 1.29. The highest BCUT2D eigenvalue weighted by atomic mass is 16.3. The lowest BCUT2D eigenvalue weighted by Gasteiger charge is -2.07. The van der Waals surface area contributed by atoms with Crippen LogP contribution in [-0.4, -0.2) is 19.9 Å². The van der Waals surface area contributed by atoms with Crippen molar-refractivity contribution in [2.24, 2.45) is 0 Å². The van der Waals surface area contributed by atoms with Crippen LogP contribution in [0.25, 0.3) is 5.69 Å². The highest BCUT2D eigenvalue weighted by Gasteiger charge is 2.04. The second kappa shape index (κ2) is 3.47. The van der Waals surface area contributed by atoms with Gasteiger partial charge in [-0.15, -0.1) is 0 Å². The molecule has 0 unspecified atom stereocenters. The van der Waals surface area contributed by atoms with E-state index in [1.165, 1.54) is 6.33 Å². The standard InChI is InChI=1S/C9H10N4O/c10-8-1-2-9(7(3-8)4-14)13-6-11-5-12-13/h1-3,5-6,14H,4,10H2. The Balaban J connectivity index is 2.53. The summed E-state index contributed by atoms with van der Waals surface area (Å²) in [5.41, 5.74) is 7.75. The Bertz CT molecular complexity index is 424. The topological polar surface area (TPSA) is 77.0 Å². The number of aliphatic hydroxyl groups excluding tert-OH is 1. The smallest absolute Gasteiger partial charge is 0.138 e. The van der Waals surface area contributed by atoms with Gasteiger partial charge in [0.1, 0.15) is 12.7 Å². The van der Waals surface area contributed by atoms with Gasteiger partial charge in [-0.3, -0.25) is 0 Å². The minimum Gasteiger partial charge on any atom is -0.399 e. The van der Waals surface area contributed by atoms with E-state index in [1.54, 1.807) is 29.2 Å². The largest absolute Gasteiger partial charge is 0.399 e. The summed E-state index contributed by atoms with van der Waals surface area (Å²) in [5, 5.41) is 13.1. The first kappa shape index (κ1) is 8.71. The number of nitrogens with two attached hydrogens (primary N) is 1. The Kier molecular flexibility index (Phi) is 2.16.